The number of amides is 1. The first kappa shape index (κ1) is 16.1. The van der Waals surface area contributed by atoms with Crippen LogP contribution in [-0.4, -0.2) is 63.6 Å². The third kappa shape index (κ3) is 3.13. The molecule has 2 heterocycles. The van der Waals surface area contributed by atoms with E-state index in [0.29, 0.717) is 32.7 Å². The normalized spacial score (nSPS) is 18.9. The summed E-state index contributed by atoms with van der Waals surface area (Å²) >= 11 is 0. The zero-order valence-corrected chi connectivity index (χ0v) is 13.8. The highest BCUT2D eigenvalue weighted by Crippen LogP contribution is 2.29. The second kappa shape index (κ2) is 6.37. The van der Waals surface area contributed by atoms with Crippen LogP contribution in [0.15, 0.2) is 23.1 Å². The number of methoxy groups -OCH3 is 1. The Hall–Kier alpha value is -1.80. The highest BCUT2D eigenvalue weighted by molar-refractivity contribution is 7.89. The molecule has 0 radical (unpaired) electrons. The molecule has 0 aliphatic carbocycles. The summed E-state index contributed by atoms with van der Waals surface area (Å²) in [6, 6.07) is 5.00. The molecule has 2 aliphatic rings. The number of nitrogens with zero attached hydrogens (tertiary/aromatic N) is 2. The largest absolute Gasteiger partial charge is 0.493 e. The average molecular weight is 340 g/mol. The first-order valence-corrected chi connectivity index (χ1v) is 9.05. The van der Waals surface area contributed by atoms with E-state index < -0.39 is 16.1 Å². The van der Waals surface area contributed by atoms with Crippen molar-refractivity contribution in [3.63, 3.8) is 0 Å². The van der Waals surface area contributed by atoms with Gasteiger partial charge in [-0.3, -0.25) is 0 Å². The molecule has 1 fully saturated rings. The molecular formula is C15H20N2O5S. The van der Waals surface area contributed by atoms with Gasteiger partial charge in [-0.15, -0.1) is 0 Å². The standard InChI is InChI=1S/C15H20N2O5S/c1-21-15(18)16-6-2-7-17(9-8-16)23(19,20)13-3-4-14-12(11-13)5-10-22-14/h3-4,11H,2,5-10H2,1H3. The second-order valence-corrected chi connectivity index (χ2v) is 7.52. The van der Waals surface area contributed by atoms with Crippen molar-refractivity contribution in [2.75, 3.05) is 39.9 Å². The molecule has 1 aromatic rings. The summed E-state index contributed by atoms with van der Waals surface area (Å²) in [5.74, 6) is 0.761. The van der Waals surface area contributed by atoms with Crippen molar-refractivity contribution in [1.82, 2.24) is 9.21 Å². The fourth-order valence-electron chi connectivity index (χ4n) is 2.92. The van der Waals surface area contributed by atoms with Gasteiger partial charge in [0.05, 0.1) is 18.6 Å². The topological polar surface area (TPSA) is 76.2 Å². The lowest BCUT2D eigenvalue weighted by Crippen LogP contribution is -2.37. The van der Waals surface area contributed by atoms with Crippen LogP contribution in [0.3, 0.4) is 0 Å². The van der Waals surface area contributed by atoms with Crippen LogP contribution in [0, 0.1) is 0 Å². The van der Waals surface area contributed by atoms with Gasteiger partial charge >= 0.3 is 6.09 Å². The Bertz CT molecular complexity index is 704. The molecule has 3 rings (SSSR count). The summed E-state index contributed by atoms with van der Waals surface area (Å²) in [7, 11) is -2.24. The quantitative estimate of drug-likeness (QED) is 0.805. The van der Waals surface area contributed by atoms with Crippen molar-refractivity contribution in [3.05, 3.63) is 23.8 Å². The first-order chi connectivity index (χ1) is 11.0. The van der Waals surface area contributed by atoms with Gasteiger partial charge in [0.1, 0.15) is 5.75 Å². The summed E-state index contributed by atoms with van der Waals surface area (Å²) in [5.41, 5.74) is 0.928. The first-order valence-electron chi connectivity index (χ1n) is 7.61. The van der Waals surface area contributed by atoms with E-state index in [1.807, 2.05) is 0 Å². The van der Waals surface area contributed by atoms with Crippen LogP contribution in [-0.2, 0) is 21.2 Å². The van der Waals surface area contributed by atoms with E-state index in [9.17, 15) is 13.2 Å². The fourth-order valence-corrected chi connectivity index (χ4v) is 4.44. The molecule has 126 valence electrons. The van der Waals surface area contributed by atoms with Crippen LogP contribution in [0.1, 0.15) is 12.0 Å². The molecular weight excluding hydrogens is 320 g/mol. The van der Waals surface area contributed by atoms with Crippen molar-refractivity contribution < 1.29 is 22.7 Å². The summed E-state index contributed by atoms with van der Waals surface area (Å²) < 4.78 is 37.2. The summed E-state index contributed by atoms with van der Waals surface area (Å²) in [6.07, 6.45) is 0.899. The Kier molecular flexibility index (Phi) is 4.45. The van der Waals surface area contributed by atoms with Crippen LogP contribution < -0.4 is 4.74 Å². The number of carbonyl (C=O) groups excluding carboxylic acids is 1. The van der Waals surface area contributed by atoms with Crippen molar-refractivity contribution >= 4 is 16.1 Å². The number of hydrogen-bond acceptors (Lipinski definition) is 5. The molecule has 1 saturated heterocycles. The molecule has 1 aromatic carbocycles. The Morgan fingerprint density at radius 1 is 1.22 bits per heavy atom. The third-order valence-corrected chi connectivity index (χ3v) is 6.08. The minimum absolute atomic E-state index is 0.269. The second-order valence-electron chi connectivity index (χ2n) is 5.58. The highest BCUT2D eigenvalue weighted by Gasteiger charge is 2.29. The van der Waals surface area contributed by atoms with Crippen LogP contribution >= 0.6 is 0 Å². The molecule has 8 heteroatoms. The van der Waals surface area contributed by atoms with Gasteiger partial charge in [0.2, 0.25) is 10.0 Å². The summed E-state index contributed by atoms with van der Waals surface area (Å²) in [6.45, 7) is 2.09. The molecule has 23 heavy (non-hydrogen) atoms. The van der Waals surface area contributed by atoms with Gasteiger partial charge in [0.25, 0.3) is 0 Å². The maximum Gasteiger partial charge on any atom is 0.409 e. The SMILES string of the molecule is COC(=O)N1CCCN(S(=O)(=O)c2ccc3c(c2)CCO3)CC1. The monoisotopic (exact) mass is 340 g/mol. The van der Waals surface area contributed by atoms with E-state index in [1.165, 1.54) is 16.3 Å². The van der Waals surface area contributed by atoms with Gasteiger partial charge in [-0.1, -0.05) is 0 Å². The van der Waals surface area contributed by atoms with Gasteiger partial charge in [0.15, 0.2) is 0 Å². The number of sulfonamides is 1. The van der Waals surface area contributed by atoms with Gasteiger partial charge in [-0.25, -0.2) is 13.2 Å². The molecule has 0 bridgehead atoms. The number of carbonyl (C=O) groups is 1. The van der Waals surface area contributed by atoms with Crippen molar-refractivity contribution in [2.24, 2.45) is 0 Å². The smallest absolute Gasteiger partial charge is 0.409 e. The van der Waals surface area contributed by atoms with Crippen molar-refractivity contribution in [3.8, 4) is 5.75 Å². The summed E-state index contributed by atoms with van der Waals surface area (Å²) in [5, 5.41) is 0. The van der Waals surface area contributed by atoms with Crippen LogP contribution in [0.25, 0.3) is 0 Å². The lowest BCUT2D eigenvalue weighted by atomic mass is 10.2. The zero-order chi connectivity index (χ0) is 16.4. The van der Waals surface area contributed by atoms with E-state index in [1.54, 1.807) is 18.2 Å². The molecule has 0 atom stereocenters. The average Bonchev–Trinajstić information content (AvgIpc) is 2.87. The minimum Gasteiger partial charge on any atom is -0.493 e. The van der Waals surface area contributed by atoms with Crippen LogP contribution in [0.2, 0.25) is 0 Å². The van der Waals surface area contributed by atoms with Crippen LogP contribution in [0.4, 0.5) is 4.79 Å². The Morgan fingerprint density at radius 3 is 2.83 bits per heavy atom. The minimum atomic E-state index is -3.56. The lowest BCUT2D eigenvalue weighted by Gasteiger charge is -2.21. The molecule has 0 N–H and O–H groups in total. The Labute approximate surface area is 135 Å². The number of ether oxygens (including phenoxy) is 2. The van der Waals surface area contributed by atoms with Crippen LogP contribution in [0.5, 0.6) is 5.75 Å². The van der Waals surface area contributed by atoms with Crippen molar-refractivity contribution in [1.29, 1.82) is 0 Å². The number of hydrogen-bond donors (Lipinski definition) is 0. The number of fused-ring (bicyclic) bond motifs is 1. The molecule has 0 aromatic heterocycles. The lowest BCUT2D eigenvalue weighted by molar-refractivity contribution is 0.126. The van der Waals surface area contributed by atoms with Gasteiger partial charge in [-0.2, -0.15) is 4.31 Å². The fraction of sp³-hybridized carbons (Fsp3) is 0.533. The zero-order valence-electron chi connectivity index (χ0n) is 13.0. The summed E-state index contributed by atoms with van der Waals surface area (Å²) in [4.78, 5) is 13.4. The molecule has 0 saturated carbocycles. The number of benzene rings is 1. The van der Waals surface area contributed by atoms with Gasteiger partial charge in [0, 0.05) is 32.6 Å². The van der Waals surface area contributed by atoms with E-state index in [0.717, 1.165) is 17.7 Å². The molecule has 7 nitrogen and oxygen atoms in total. The molecule has 1 amide bonds. The van der Waals surface area contributed by atoms with E-state index >= 15 is 0 Å². The third-order valence-electron chi connectivity index (χ3n) is 4.19. The maximum absolute atomic E-state index is 12.8. The molecule has 2 aliphatic heterocycles. The molecule has 0 unspecified atom stereocenters. The van der Waals surface area contributed by atoms with Gasteiger partial charge in [-0.05, 0) is 30.2 Å². The van der Waals surface area contributed by atoms with E-state index in [-0.39, 0.29) is 11.4 Å². The molecule has 0 spiro atoms. The Balaban J connectivity index is 1.78. The van der Waals surface area contributed by atoms with E-state index in [4.69, 9.17) is 9.47 Å². The van der Waals surface area contributed by atoms with Gasteiger partial charge < -0.3 is 14.4 Å². The predicted molar refractivity (Wildman–Crippen MR) is 83.0 cm³/mol. The Morgan fingerprint density at radius 2 is 2.04 bits per heavy atom. The predicted octanol–water partition coefficient (Wildman–Crippen LogP) is 1.08. The van der Waals surface area contributed by atoms with E-state index in [2.05, 4.69) is 0 Å². The maximum atomic E-state index is 12.8. The van der Waals surface area contributed by atoms with Crippen molar-refractivity contribution in [2.45, 2.75) is 17.7 Å². The number of rotatable bonds is 2. The highest BCUT2D eigenvalue weighted by atomic mass is 32.2.